The standard InChI is InChI=1S/C20H20F2N2O3S.C2H6/c1-13-4-5-16(15(22)10-13)23-17-11-14(21)12-18-19(17)24-28(25,26)20(7-8-20)6-2-3-9-27-18;1-2/h2-5,10-12,23-24H,6-9H2,1H3;1-2H3/b3-2+;. The second kappa shape index (κ2) is 8.63. The van der Waals surface area contributed by atoms with E-state index in [-0.39, 0.29) is 29.4 Å². The summed E-state index contributed by atoms with van der Waals surface area (Å²) in [4.78, 5) is 0. The Bertz CT molecular complexity index is 1060. The molecule has 0 aromatic heterocycles. The van der Waals surface area contributed by atoms with Gasteiger partial charge in [0.1, 0.15) is 29.7 Å². The Balaban J connectivity index is 0.00000124. The van der Waals surface area contributed by atoms with Crippen molar-refractivity contribution in [2.24, 2.45) is 0 Å². The van der Waals surface area contributed by atoms with Crippen LogP contribution in [-0.4, -0.2) is 19.8 Å². The summed E-state index contributed by atoms with van der Waals surface area (Å²) < 4.78 is 61.7. The van der Waals surface area contributed by atoms with Gasteiger partial charge in [-0.1, -0.05) is 32.1 Å². The van der Waals surface area contributed by atoms with Crippen molar-refractivity contribution < 1.29 is 21.9 Å². The summed E-state index contributed by atoms with van der Waals surface area (Å²) in [6, 6.07) is 6.79. The number of rotatable bonds is 2. The molecular weight excluding hydrogens is 410 g/mol. The van der Waals surface area contributed by atoms with Gasteiger partial charge in [-0.2, -0.15) is 0 Å². The first-order valence-corrected chi connectivity index (χ1v) is 11.4. The van der Waals surface area contributed by atoms with Gasteiger partial charge in [0.25, 0.3) is 0 Å². The van der Waals surface area contributed by atoms with Crippen LogP contribution in [0.2, 0.25) is 0 Å². The van der Waals surface area contributed by atoms with E-state index in [2.05, 4.69) is 10.0 Å². The van der Waals surface area contributed by atoms with E-state index in [0.29, 0.717) is 19.3 Å². The number of hydrogen-bond acceptors (Lipinski definition) is 4. The zero-order valence-electron chi connectivity index (χ0n) is 17.3. The number of ether oxygens (including phenoxy) is 1. The number of allylic oxidation sites excluding steroid dienone is 1. The highest BCUT2D eigenvalue weighted by Gasteiger charge is 2.54. The molecule has 2 N–H and O–H groups in total. The number of anilines is 3. The minimum absolute atomic E-state index is 0.0425. The van der Waals surface area contributed by atoms with Gasteiger partial charge in [0.15, 0.2) is 0 Å². The van der Waals surface area contributed by atoms with Gasteiger partial charge < -0.3 is 10.1 Å². The summed E-state index contributed by atoms with van der Waals surface area (Å²) in [6.45, 7) is 5.92. The molecule has 2 aromatic carbocycles. The molecule has 30 heavy (non-hydrogen) atoms. The van der Waals surface area contributed by atoms with Crippen molar-refractivity contribution in [2.75, 3.05) is 16.6 Å². The fourth-order valence-corrected chi connectivity index (χ4v) is 4.89. The first-order chi connectivity index (χ1) is 14.3. The maximum Gasteiger partial charge on any atom is 0.238 e. The number of benzene rings is 2. The topological polar surface area (TPSA) is 67.4 Å². The maximum absolute atomic E-state index is 14.3. The monoisotopic (exact) mass is 436 g/mol. The van der Waals surface area contributed by atoms with E-state index in [9.17, 15) is 17.2 Å². The van der Waals surface area contributed by atoms with E-state index >= 15 is 0 Å². The minimum atomic E-state index is -3.74. The van der Waals surface area contributed by atoms with Gasteiger partial charge in [0.2, 0.25) is 10.0 Å². The first kappa shape index (κ1) is 22.1. The highest BCUT2D eigenvalue weighted by atomic mass is 32.2. The molecule has 1 aliphatic heterocycles. The molecule has 0 radical (unpaired) electrons. The fraction of sp³-hybridized carbons (Fsp3) is 0.364. The first-order valence-electron chi connectivity index (χ1n) is 9.97. The number of halogens is 2. The van der Waals surface area contributed by atoms with Crippen LogP contribution in [-0.2, 0) is 10.0 Å². The number of aryl methyl sites for hydroxylation is 1. The van der Waals surface area contributed by atoms with Gasteiger partial charge in [-0.05, 0) is 49.9 Å². The van der Waals surface area contributed by atoms with Gasteiger partial charge in [-0.15, -0.1) is 0 Å². The summed E-state index contributed by atoms with van der Waals surface area (Å²) in [7, 11) is -3.74. The number of sulfonamides is 1. The highest BCUT2D eigenvalue weighted by Crippen LogP contribution is 2.49. The van der Waals surface area contributed by atoms with Crippen LogP contribution in [0.3, 0.4) is 0 Å². The van der Waals surface area contributed by atoms with E-state index in [0.717, 1.165) is 17.7 Å². The van der Waals surface area contributed by atoms with Crippen LogP contribution >= 0.6 is 0 Å². The third-order valence-corrected chi connectivity index (χ3v) is 7.25. The zero-order chi connectivity index (χ0) is 21.9. The molecule has 0 bridgehead atoms. The zero-order valence-corrected chi connectivity index (χ0v) is 18.1. The average Bonchev–Trinajstić information content (AvgIpc) is 3.49. The lowest BCUT2D eigenvalue weighted by molar-refractivity contribution is 0.362. The van der Waals surface area contributed by atoms with Crippen LogP contribution in [0, 0.1) is 18.6 Å². The number of hydrogen-bond donors (Lipinski definition) is 2. The van der Waals surface area contributed by atoms with Crippen LogP contribution in [0.1, 0.15) is 38.7 Å². The second-order valence-electron chi connectivity index (χ2n) is 7.21. The van der Waals surface area contributed by atoms with Gasteiger partial charge in [0, 0.05) is 6.07 Å². The fourth-order valence-electron chi connectivity index (χ4n) is 3.23. The molecule has 162 valence electrons. The van der Waals surface area contributed by atoms with Gasteiger partial charge in [-0.3, -0.25) is 4.72 Å². The summed E-state index contributed by atoms with van der Waals surface area (Å²) in [6.07, 6.45) is 5.00. The smallest absolute Gasteiger partial charge is 0.238 e. The normalized spacial score (nSPS) is 19.2. The Morgan fingerprint density at radius 1 is 1.07 bits per heavy atom. The Morgan fingerprint density at radius 2 is 1.80 bits per heavy atom. The molecule has 8 heteroatoms. The SMILES string of the molecule is CC.Cc1ccc(Nc2cc(F)cc3c2NS(=O)(=O)C2(C/C=C/CO3)CC2)c(F)c1. The Morgan fingerprint density at radius 3 is 2.47 bits per heavy atom. The third kappa shape index (κ3) is 4.43. The van der Waals surface area contributed by atoms with Crippen molar-refractivity contribution in [2.45, 2.75) is 44.8 Å². The van der Waals surface area contributed by atoms with Crippen molar-refractivity contribution in [3.8, 4) is 5.75 Å². The van der Waals surface area contributed by atoms with Crippen LogP contribution in [0.25, 0.3) is 0 Å². The summed E-state index contributed by atoms with van der Waals surface area (Å²) in [5, 5.41) is 2.80. The molecule has 0 saturated heterocycles. The van der Waals surface area contributed by atoms with Crippen LogP contribution in [0.5, 0.6) is 5.75 Å². The Kier molecular flexibility index (Phi) is 6.36. The van der Waals surface area contributed by atoms with Crippen molar-refractivity contribution in [3.05, 3.63) is 59.7 Å². The third-order valence-electron chi connectivity index (χ3n) is 5.07. The molecule has 4 rings (SSSR count). The molecule has 1 heterocycles. The molecule has 5 nitrogen and oxygen atoms in total. The Labute approximate surface area is 176 Å². The van der Waals surface area contributed by atoms with Crippen molar-refractivity contribution in [1.29, 1.82) is 0 Å². The molecule has 2 aliphatic rings. The molecule has 0 unspecified atom stereocenters. The predicted octanol–water partition coefficient (Wildman–Crippen LogP) is 5.66. The van der Waals surface area contributed by atoms with Crippen molar-refractivity contribution in [1.82, 2.24) is 0 Å². The molecule has 2 aromatic rings. The lowest BCUT2D eigenvalue weighted by atomic mass is 10.2. The van der Waals surface area contributed by atoms with E-state index < -0.39 is 26.4 Å². The van der Waals surface area contributed by atoms with Crippen LogP contribution < -0.4 is 14.8 Å². The van der Waals surface area contributed by atoms with E-state index in [1.54, 1.807) is 25.1 Å². The largest absolute Gasteiger partial charge is 0.487 e. The number of nitrogens with one attached hydrogen (secondary N) is 2. The molecule has 0 atom stereocenters. The van der Waals surface area contributed by atoms with Crippen LogP contribution in [0.4, 0.5) is 25.8 Å². The van der Waals surface area contributed by atoms with Crippen LogP contribution in [0.15, 0.2) is 42.5 Å². The molecule has 1 spiro atoms. The number of fused-ring (bicyclic) bond motifs is 1. The molecular formula is C22H26F2N2O3S. The molecule has 1 aliphatic carbocycles. The van der Waals surface area contributed by atoms with Crippen molar-refractivity contribution >= 4 is 27.1 Å². The maximum atomic E-state index is 14.3. The molecule has 0 amide bonds. The van der Waals surface area contributed by atoms with E-state index in [4.69, 9.17) is 4.74 Å². The average molecular weight is 437 g/mol. The van der Waals surface area contributed by atoms with Gasteiger partial charge >= 0.3 is 0 Å². The summed E-state index contributed by atoms with van der Waals surface area (Å²) in [5.74, 6) is -1.11. The lowest BCUT2D eigenvalue weighted by Gasteiger charge is -2.22. The summed E-state index contributed by atoms with van der Waals surface area (Å²) >= 11 is 0. The second-order valence-corrected chi connectivity index (χ2v) is 9.29. The van der Waals surface area contributed by atoms with E-state index in [1.807, 2.05) is 13.8 Å². The van der Waals surface area contributed by atoms with E-state index in [1.165, 1.54) is 12.1 Å². The lowest BCUT2D eigenvalue weighted by Crippen LogP contribution is -2.30. The highest BCUT2D eigenvalue weighted by molar-refractivity contribution is 7.94. The van der Waals surface area contributed by atoms with Crippen molar-refractivity contribution in [3.63, 3.8) is 0 Å². The Hall–Kier alpha value is -2.61. The minimum Gasteiger partial charge on any atom is -0.487 e. The summed E-state index contributed by atoms with van der Waals surface area (Å²) in [5.41, 5.74) is 0.997. The predicted molar refractivity (Wildman–Crippen MR) is 116 cm³/mol. The molecule has 1 saturated carbocycles. The quantitative estimate of drug-likeness (QED) is 0.597. The van der Waals surface area contributed by atoms with Gasteiger partial charge in [0.05, 0.1) is 16.1 Å². The van der Waals surface area contributed by atoms with Gasteiger partial charge in [-0.25, -0.2) is 17.2 Å². The molecule has 1 fully saturated rings.